The van der Waals surface area contributed by atoms with E-state index in [0.29, 0.717) is 6.42 Å². The highest BCUT2D eigenvalue weighted by atomic mass is 16.3. The van der Waals surface area contributed by atoms with Gasteiger partial charge in [0, 0.05) is 12.5 Å². The number of H-pyrrole nitrogens is 1. The van der Waals surface area contributed by atoms with E-state index >= 15 is 0 Å². The van der Waals surface area contributed by atoms with E-state index in [-0.39, 0.29) is 23.1 Å². The predicted octanol–water partition coefficient (Wildman–Crippen LogP) is 0.950. The van der Waals surface area contributed by atoms with Crippen LogP contribution in [0.25, 0.3) is 0 Å². The lowest BCUT2D eigenvalue weighted by Crippen LogP contribution is -2.14. The molecule has 0 atom stereocenters. The second kappa shape index (κ2) is 4.84. The molecule has 0 spiro atoms. The van der Waals surface area contributed by atoms with Gasteiger partial charge in [-0.25, -0.2) is 0 Å². The molecule has 1 aromatic heterocycles. The van der Waals surface area contributed by atoms with Gasteiger partial charge < -0.3 is 15.1 Å². The Morgan fingerprint density at radius 2 is 2.13 bits per heavy atom. The third-order valence-corrected chi connectivity index (χ3v) is 2.09. The summed E-state index contributed by atoms with van der Waals surface area (Å²) in [5, 5.41) is 18.3. The molecular weight excluding hydrogens is 196 g/mol. The van der Waals surface area contributed by atoms with Gasteiger partial charge in [0.05, 0.1) is 5.56 Å². The van der Waals surface area contributed by atoms with Crippen molar-refractivity contribution >= 4 is 5.78 Å². The number of aromatic hydroxyl groups is 2. The van der Waals surface area contributed by atoms with Gasteiger partial charge in [-0.1, -0.05) is 0 Å². The Balaban J connectivity index is 2.50. The molecule has 0 radical (unpaired) electrons. The fourth-order valence-electron chi connectivity index (χ4n) is 1.33. The van der Waals surface area contributed by atoms with Crippen LogP contribution in [-0.2, 0) is 0 Å². The number of carbonyl (C=O) groups excluding carboxylic acids is 1. The number of hydrogen-bond donors (Lipinski definition) is 3. The molecular formula is C10H16N2O3. The average Bonchev–Trinajstić information content (AvgIpc) is 2.44. The van der Waals surface area contributed by atoms with Gasteiger partial charge in [0.1, 0.15) is 0 Å². The standard InChI is InChI=1S/C10H16N2O3/c1-12(2)5-3-4-8(13)7-6-9(14)11-10(7)15/h6,11,14-15H,3-5H2,1-2H3. The molecule has 0 aliphatic heterocycles. The minimum Gasteiger partial charge on any atom is -0.494 e. The Hall–Kier alpha value is -1.49. The lowest BCUT2D eigenvalue weighted by molar-refractivity contribution is 0.0974. The molecule has 84 valence electrons. The SMILES string of the molecule is CN(C)CCCC(=O)c1cc(O)[nH]c1O. The van der Waals surface area contributed by atoms with Gasteiger partial charge in [0.25, 0.3) is 0 Å². The molecule has 1 rings (SSSR count). The molecule has 0 saturated carbocycles. The number of nitrogens with zero attached hydrogens (tertiary/aromatic N) is 1. The molecule has 0 saturated heterocycles. The minimum atomic E-state index is -0.262. The number of Topliss-reactive ketones (excluding diaryl/α,β-unsaturated/α-hetero) is 1. The van der Waals surface area contributed by atoms with Crippen LogP contribution in [0, 0.1) is 0 Å². The van der Waals surface area contributed by atoms with E-state index < -0.39 is 0 Å². The zero-order valence-electron chi connectivity index (χ0n) is 8.95. The van der Waals surface area contributed by atoms with Crippen molar-refractivity contribution in [1.82, 2.24) is 9.88 Å². The maximum Gasteiger partial charge on any atom is 0.202 e. The fourth-order valence-corrected chi connectivity index (χ4v) is 1.33. The summed E-state index contributed by atoms with van der Waals surface area (Å²) in [7, 11) is 3.87. The second-order valence-electron chi connectivity index (χ2n) is 3.75. The maximum atomic E-state index is 11.6. The zero-order valence-corrected chi connectivity index (χ0v) is 8.95. The van der Waals surface area contributed by atoms with Crippen LogP contribution in [0.1, 0.15) is 23.2 Å². The van der Waals surface area contributed by atoms with Crippen LogP contribution >= 0.6 is 0 Å². The highest BCUT2D eigenvalue weighted by molar-refractivity contribution is 5.98. The van der Waals surface area contributed by atoms with E-state index in [1.165, 1.54) is 6.07 Å². The van der Waals surface area contributed by atoms with Gasteiger partial charge in [-0.3, -0.25) is 9.78 Å². The number of hydrogen-bond acceptors (Lipinski definition) is 4. The molecule has 0 aliphatic rings. The largest absolute Gasteiger partial charge is 0.494 e. The number of aromatic nitrogens is 1. The Labute approximate surface area is 88.3 Å². The first-order valence-electron chi connectivity index (χ1n) is 4.79. The maximum absolute atomic E-state index is 11.6. The smallest absolute Gasteiger partial charge is 0.202 e. The summed E-state index contributed by atoms with van der Waals surface area (Å²) < 4.78 is 0. The van der Waals surface area contributed by atoms with Gasteiger partial charge in [-0.15, -0.1) is 0 Å². The van der Waals surface area contributed by atoms with Crippen LogP contribution < -0.4 is 0 Å². The van der Waals surface area contributed by atoms with Gasteiger partial charge in [0.15, 0.2) is 11.7 Å². The van der Waals surface area contributed by atoms with E-state index in [4.69, 9.17) is 5.11 Å². The first-order chi connectivity index (χ1) is 7.00. The highest BCUT2D eigenvalue weighted by Crippen LogP contribution is 2.23. The van der Waals surface area contributed by atoms with Crippen molar-refractivity contribution in [3.63, 3.8) is 0 Å². The molecule has 0 fully saturated rings. The summed E-state index contributed by atoms with van der Waals surface area (Å²) in [6.07, 6.45) is 1.10. The molecule has 15 heavy (non-hydrogen) atoms. The van der Waals surface area contributed by atoms with Crippen molar-refractivity contribution in [3.8, 4) is 11.8 Å². The van der Waals surface area contributed by atoms with Crippen LogP contribution in [0.4, 0.5) is 0 Å². The van der Waals surface area contributed by atoms with Crippen molar-refractivity contribution in [2.45, 2.75) is 12.8 Å². The van der Waals surface area contributed by atoms with E-state index in [0.717, 1.165) is 13.0 Å². The van der Waals surface area contributed by atoms with Crippen LogP contribution in [0.2, 0.25) is 0 Å². The lowest BCUT2D eigenvalue weighted by atomic mass is 10.1. The molecule has 5 nitrogen and oxygen atoms in total. The molecule has 0 bridgehead atoms. The molecule has 3 N–H and O–H groups in total. The molecule has 5 heteroatoms. The van der Waals surface area contributed by atoms with Gasteiger partial charge in [0.2, 0.25) is 5.88 Å². The van der Waals surface area contributed by atoms with Gasteiger partial charge in [-0.05, 0) is 27.1 Å². The molecule has 1 aromatic rings. The van der Waals surface area contributed by atoms with E-state index in [9.17, 15) is 9.90 Å². The van der Waals surface area contributed by atoms with Gasteiger partial charge >= 0.3 is 0 Å². The third-order valence-electron chi connectivity index (χ3n) is 2.09. The predicted molar refractivity (Wildman–Crippen MR) is 56.2 cm³/mol. The van der Waals surface area contributed by atoms with Gasteiger partial charge in [-0.2, -0.15) is 0 Å². The van der Waals surface area contributed by atoms with E-state index in [1.54, 1.807) is 0 Å². The topological polar surface area (TPSA) is 76.6 Å². The third kappa shape index (κ3) is 3.28. The van der Waals surface area contributed by atoms with Crippen LogP contribution in [0.3, 0.4) is 0 Å². The Morgan fingerprint density at radius 3 is 2.60 bits per heavy atom. The van der Waals surface area contributed by atoms with Crippen molar-refractivity contribution in [2.75, 3.05) is 20.6 Å². The van der Waals surface area contributed by atoms with Crippen LogP contribution in [0.15, 0.2) is 6.07 Å². The lowest BCUT2D eigenvalue weighted by Gasteiger charge is -2.07. The summed E-state index contributed by atoms with van der Waals surface area (Å²) in [6, 6.07) is 1.24. The first kappa shape index (κ1) is 11.6. The second-order valence-corrected chi connectivity index (χ2v) is 3.75. The number of rotatable bonds is 5. The van der Waals surface area contributed by atoms with Crippen molar-refractivity contribution < 1.29 is 15.0 Å². The molecule has 0 amide bonds. The monoisotopic (exact) mass is 212 g/mol. The highest BCUT2D eigenvalue weighted by Gasteiger charge is 2.14. The van der Waals surface area contributed by atoms with E-state index in [1.807, 2.05) is 19.0 Å². The summed E-state index contributed by atoms with van der Waals surface area (Å²) in [6.45, 7) is 0.822. The van der Waals surface area contributed by atoms with Crippen molar-refractivity contribution in [1.29, 1.82) is 0 Å². The Morgan fingerprint density at radius 1 is 1.47 bits per heavy atom. The Bertz CT molecular complexity index is 344. The average molecular weight is 212 g/mol. The number of nitrogens with one attached hydrogen (secondary N) is 1. The number of ketones is 1. The number of carbonyl (C=O) groups is 1. The molecule has 1 heterocycles. The van der Waals surface area contributed by atoms with Crippen molar-refractivity contribution in [2.24, 2.45) is 0 Å². The minimum absolute atomic E-state index is 0.159. The van der Waals surface area contributed by atoms with Crippen LogP contribution in [-0.4, -0.2) is 46.5 Å². The first-order valence-corrected chi connectivity index (χ1v) is 4.79. The molecule has 0 unspecified atom stereocenters. The fraction of sp³-hybridized carbons (Fsp3) is 0.500. The summed E-state index contributed by atoms with van der Waals surface area (Å²) in [5.41, 5.74) is 0.159. The molecule has 0 aliphatic carbocycles. The Kier molecular flexibility index (Phi) is 3.74. The quantitative estimate of drug-likeness (QED) is 0.635. The number of aromatic amines is 1. The normalized spacial score (nSPS) is 10.9. The van der Waals surface area contributed by atoms with Crippen molar-refractivity contribution in [3.05, 3.63) is 11.6 Å². The summed E-state index contributed by atoms with van der Waals surface area (Å²) >= 11 is 0. The molecule has 0 aromatic carbocycles. The van der Waals surface area contributed by atoms with Crippen LogP contribution in [0.5, 0.6) is 11.8 Å². The summed E-state index contributed by atoms with van der Waals surface area (Å²) in [4.78, 5) is 15.8. The zero-order chi connectivity index (χ0) is 11.4. The summed E-state index contributed by atoms with van der Waals surface area (Å²) in [5.74, 6) is -0.614. The van der Waals surface area contributed by atoms with E-state index in [2.05, 4.69) is 4.98 Å².